The molecular formula is C24H30O7. The minimum absolute atomic E-state index is 0.102. The van der Waals surface area contributed by atoms with E-state index < -0.39 is 6.10 Å². The molecule has 0 aliphatic carbocycles. The van der Waals surface area contributed by atoms with Crippen LogP contribution in [-0.4, -0.2) is 71.3 Å². The van der Waals surface area contributed by atoms with Crippen molar-refractivity contribution in [1.29, 1.82) is 0 Å². The van der Waals surface area contributed by atoms with E-state index >= 15 is 0 Å². The number of ether oxygens (including phenoxy) is 6. The van der Waals surface area contributed by atoms with Crippen LogP contribution in [0.2, 0.25) is 0 Å². The number of ketones is 1. The summed E-state index contributed by atoms with van der Waals surface area (Å²) in [6.45, 7) is 5.49. The molecule has 0 saturated heterocycles. The molecule has 7 heteroatoms. The lowest BCUT2D eigenvalue weighted by Crippen LogP contribution is -2.33. The van der Waals surface area contributed by atoms with Gasteiger partial charge >= 0.3 is 0 Å². The summed E-state index contributed by atoms with van der Waals surface area (Å²) in [6, 6.07) is 14.7. The second kappa shape index (κ2) is 13.1. The molecular weight excluding hydrogens is 400 g/mol. The van der Waals surface area contributed by atoms with Crippen molar-refractivity contribution >= 4 is 5.78 Å². The van der Waals surface area contributed by atoms with Crippen LogP contribution < -0.4 is 9.47 Å². The molecule has 31 heavy (non-hydrogen) atoms. The molecule has 1 unspecified atom stereocenters. The number of rotatable bonds is 2. The van der Waals surface area contributed by atoms with Crippen molar-refractivity contribution in [2.45, 2.75) is 13.0 Å². The predicted octanol–water partition coefficient (Wildman–Crippen LogP) is 3.08. The van der Waals surface area contributed by atoms with Gasteiger partial charge in [-0.25, -0.2) is 0 Å². The van der Waals surface area contributed by atoms with Crippen LogP contribution in [0.4, 0.5) is 0 Å². The van der Waals surface area contributed by atoms with Gasteiger partial charge in [-0.05, 0) is 24.6 Å². The lowest BCUT2D eigenvalue weighted by Gasteiger charge is -2.21. The van der Waals surface area contributed by atoms with Gasteiger partial charge in [0.05, 0.1) is 52.9 Å². The molecule has 0 amide bonds. The lowest BCUT2D eigenvalue weighted by molar-refractivity contribution is -0.0148. The maximum absolute atomic E-state index is 13.2. The molecule has 3 rings (SSSR count). The van der Waals surface area contributed by atoms with Crippen LogP contribution in [-0.2, 0) is 18.9 Å². The van der Waals surface area contributed by atoms with Crippen molar-refractivity contribution in [3.63, 3.8) is 0 Å². The quantitative estimate of drug-likeness (QED) is 0.678. The molecule has 0 radical (unpaired) electrons. The van der Waals surface area contributed by atoms with Gasteiger partial charge in [0.25, 0.3) is 0 Å². The van der Waals surface area contributed by atoms with E-state index in [9.17, 15) is 4.79 Å². The van der Waals surface area contributed by atoms with Crippen molar-refractivity contribution in [2.24, 2.45) is 0 Å². The maximum Gasteiger partial charge on any atom is 0.205 e. The third-order valence-corrected chi connectivity index (χ3v) is 4.69. The van der Waals surface area contributed by atoms with E-state index in [-0.39, 0.29) is 12.4 Å². The number of benzene rings is 2. The molecule has 0 spiro atoms. The maximum atomic E-state index is 13.2. The molecule has 2 aromatic rings. The third-order valence-electron chi connectivity index (χ3n) is 4.69. The molecule has 1 aliphatic heterocycles. The van der Waals surface area contributed by atoms with Crippen LogP contribution in [0.5, 0.6) is 11.5 Å². The van der Waals surface area contributed by atoms with Gasteiger partial charge < -0.3 is 28.4 Å². The Morgan fingerprint density at radius 3 is 1.94 bits per heavy atom. The monoisotopic (exact) mass is 430 g/mol. The van der Waals surface area contributed by atoms with Crippen molar-refractivity contribution in [3.05, 3.63) is 59.7 Å². The SMILES string of the molecule is Cc1ccccc1C(=O)C1COCCOCCOCCOCCOc2ccccc2O1. The standard InChI is InChI=1S/C24H30O7/c1-19-6-2-3-7-20(19)24(25)23-18-29-15-14-27-11-10-26-12-13-28-16-17-30-21-8-4-5-9-22(21)31-23/h2-9,23H,10-18H2,1H3. The van der Waals surface area contributed by atoms with Gasteiger partial charge in [-0.1, -0.05) is 36.4 Å². The average molecular weight is 430 g/mol. The Morgan fingerprint density at radius 1 is 0.710 bits per heavy atom. The summed E-state index contributed by atoms with van der Waals surface area (Å²) in [5.74, 6) is 0.896. The molecule has 1 heterocycles. The number of para-hydroxylation sites is 2. The van der Waals surface area contributed by atoms with E-state index in [1.807, 2.05) is 37.3 Å². The van der Waals surface area contributed by atoms with Gasteiger partial charge in [0, 0.05) is 5.56 Å². The first-order valence-electron chi connectivity index (χ1n) is 10.5. The van der Waals surface area contributed by atoms with Crippen molar-refractivity contribution in [1.82, 2.24) is 0 Å². The summed E-state index contributed by atoms with van der Waals surface area (Å²) in [5, 5.41) is 0. The second-order valence-electron chi connectivity index (χ2n) is 6.99. The number of fused-ring (bicyclic) bond motifs is 1. The Hall–Kier alpha value is -2.45. The first-order chi connectivity index (χ1) is 15.3. The summed E-state index contributed by atoms with van der Waals surface area (Å²) in [6.07, 6.45) is -0.815. The van der Waals surface area contributed by atoms with Crippen LogP contribution in [0.15, 0.2) is 48.5 Å². The average Bonchev–Trinajstić information content (AvgIpc) is 2.78. The molecule has 0 saturated carbocycles. The highest BCUT2D eigenvalue weighted by molar-refractivity contribution is 6.01. The zero-order chi connectivity index (χ0) is 21.7. The largest absolute Gasteiger partial charge is 0.487 e. The van der Waals surface area contributed by atoms with Crippen LogP contribution in [0.25, 0.3) is 0 Å². The third kappa shape index (κ3) is 7.63. The first kappa shape index (κ1) is 23.2. The topological polar surface area (TPSA) is 72.5 Å². The van der Waals surface area contributed by atoms with Crippen LogP contribution in [0.3, 0.4) is 0 Å². The molecule has 7 nitrogen and oxygen atoms in total. The van der Waals surface area contributed by atoms with Gasteiger partial charge in [0.1, 0.15) is 6.61 Å². The Bertz CT molecular complexity index is 808. The van der Waals surface area contributed by atoms with Gasteiger partial charge in [0.2, 0.25) is 5.78 Å². The van der Waals surface area contributed by atoms with E-state index in [0.29, 0.717) is 69.9 Å². The fourth-order valence-corrected chi connectivity index (χ4v) is 3.07. The van der Waals surface area contributed by atoms with Crippen molar-refractivity contribution < 1.29 is 33.2 Å². The Labute approximate surface area is 183 Å². The second-order valence-corrected chi connectivity index (χ2v) is 6.99. The van der Waals surface area contributed by atoms with E-state index in [1.165, 1.54) is 0 Å². The summed E-state index contributed by atoms with van der Waals surface area (Å²) in [7, 11) is 0. The molecule has 0 fully saturated rings. The molecule has 0 aromatic heterocycles. The molecule has 168 valence electrons. The van der Waals surface area contributed by atoms with Crippen LogP contribution >= 0.6 is 0 Å². The number of aryl methyl sites for hydroxylation is 1. The highest BCUT2D eigenvalue weighted by Crippen LogP contribution is 2.28. The van der Waals surface area contributed by atoms with Gasteiger partial charge in [-0.15, -0.1) is 0 Å². The van der Waals surface area contributed by atoms with Gasteiger partial charge in [-0.3, -0.25) is 4.79 Å². The lowest BCUT2D eigenvalue weighted by atomic mass is 10.0. The Balaban J connectivity index is 1.75. The Kier molecular flexibility index (Phi) is 9.79. The number of Topliss-reactive ketones (excluding diaryl/α,β-unsaturated/α-hetero) is 1. The summed E-state index contributed by atoms with van der Waals surface area (Å²) < 4.78 is 34.1. The van der Waals surface area contributed by atoms with Gasteiger partial charge in [0.15, 0.2) is 17.6 Å². The zero-order valence-electron chi connectivity index (χ0n) is 17.9. The summed E-state index contributed by atoms with van der Waals surface area (Å²) in [5.41, 5.74) is 1.50. The molecule has 0 bridgehead atoms. The van der Waals surface area contributed by atoms with E-state index in [1.54, 1.807) is 18.2 Å². The molecule has 1 atom stereocenters. The highest BCUT2D eigenvalue weighted by Gasteiger charge is 2.25. The molecule has 0 N–H and O–H groups in total. The first-order valence-corrected chi connectivity index (χ1v) is 10.5. The van der Waals surface area contributed by atoms with Crippen molar-refractivity contribution in [2.75, 3.05) is 59.5 Å². The number of carbonyl (C=O) groups is 1. The zero-order valence-corrected chi connectivity index (χ0v) is 17.9. The number of carbonyl (C=O) groups excluding carboxylic acids is 1. The van der Waals surface area contributed by atoms with E-state index in [4.69, 9.17) is 28.4 Å². The highest BCUT2D eigenvalue weighted by atomic mass is 16.6. The Morgan fingerprint density at radius 2 is 1.26 bits per heavy atom. The summed E-state index contributed by atoms with van der Waals surface area (Å²) in [4.78, 5) is 13.2. The minimum Gasteiger partial charge on any atom is -0.487 e. The minimum atomic E-state index is -0.815. The molecule has 1 aliphatic rings. The predicted molar refractivity (Wildman–Crippen MR) is 115 cm³/mol. The molecule has 2 aromatic carbocycles. The van der Waals surface area contributed by atoms with E-state index in [2.05, 4.69) is 0 Å². The van der Waals surface area contributed by atoms with Crippen LogP contribution in [0, 0.1) is 6.92 Å². The number of hydrogen-bond acceptors (Lipinski definition) is 7. The van der Waals surface area contributed by atoms with E-state index in [0.717, 1.165) is 5.56 Å². The smallest absolute Gasteiger partial charge is 0.205 e. The van der Waals surface area contributed by atoms with Crippen LogP contribution in [0.1, 0.15) is 15.9 Å². The fourth-order valence-electron chi connectivity index (χ4n) is 3.07. The number of hydrogen-bond donors (Lipinski definition) is 0. The fraction of sp³-hybridized carbons (Fsp3) is 0.458. The normalized spacial score (nSPS) is 19.7. The van der Waals surface area contributed by atoms with Gasteiger partial charge in [-0.2, -0.15) is 0 Å². The summed E-state index contributed by atoms with van der Waals surface area (Å²) >= 11 is 0. The van der Waals surface area contributed by atoms with Crippen molar-refractivity contribution in [3.8, 4) is 11.5 Å².